The van der Waals surface area contributed by atoms with E-state index in [2.05, 4.69) is 13.0 Å². The molecule has 2 aliphatic carbocycles. The highest BCUT2D eigenvalue weighted by Crippen LogP contribution is 2.42. The van der Waals surface area contributed by atoms with Gasteiger partial charge in [-0.05, 0) is 97.2 Å². The molecule has 4 heteroatoms. The summed E-state index contributed by atoms with van der Waals surface area (Å²) in [6.45, 7) is 4.34. The molecular formula is C33H35F3O. The second kappa shape index (κ2) is 11.2. The predicted molar refractivity (Wildman–Crippen MR) is 145 cm³/mol. The third-order valence-corrected chi connectivity index (χ3v) is 8.37. The Labute approximate surface area is 218 Å². The van der Waals surface area contributed by atoms with E-state index in [1.807, 2.05) is 24.3 Å². The Bertz CT molecular complexity index is 1270. The molecule has 0 aromatic heterocycles. The lowest BCUT2D eigenvalue weighted by atomic mass is 9.71. The molecular weight excluding hydrogens is 469 g/mol. The first kappa shape index (κ1) is 25.6. The second-order valence-corrected chi connectivity index (χ2v) is 10.7. The van der Waals surface area contributed by atoms with Crippen molar-refractivity contribution in [3.8, 4) is 28.0 Å². The Morgan fingerprint density at radius 2 is 1.41 bits per heavy atom. The van der Waals surface area contributed by atoms with Crippen LogP contribution in [-0.4, -0.2) is 6.61 Å². The summed E-state index contributed by atoms with van der Waals surface area (Å²) in [5.74, 6) is 0.210. The van der Waals surface area contributed by atoms with Crippen molar-refractivity contribution in [2.24, 2.45) is 17.8 Å². The van der Waals surface area contributed by atoms with Gasteiger partial charge in [-0.15, -0.1) is 0 Å². The summed E-state index contributed by atoms with van der Waals surface area (Å²) in [6, 6.07) is 15.5. The summed E-state index contributed by atoms with van der Waals surface area (Å²) < 4.78 is 49.2. The number of ether oxygens (including phenoxy) is 1. The summed E-state index contributed by atoms with van der Waals surface area (Å²) >= 11 is 0. The average Bonchev–Trinajstić information content (AvgIpc) is 2.92. The minimum absolute atomic E-state index is 0.0943. The Balaban J connectivity index is 1.29. The van der Waals surface area contributed by atoms with Crippen LogP contribution in [0.2, 0.25) is 0 Å². The van der Waals surface area contributed by atoms with E-state index in [9.17, 15) is 8.78 Å². The molecule has 1 saturated carbocycles. The van der Waals surface area contributed by atoms with Crippen LogP contribution in [0.3, 0.4) is 0 Å². The third kappa shape index (κ3) is 5.49. The minimum Gasteiger partial charge on any atom is -0.491 e. The van der Waals surface area contributed by atoms with E-state index in [0.29, 0.717) is 11.1 Å². The smallest absolute Gasteiger partial charge is 0.201 e. The standard InChI is InChI=1S/C33H35F3O/c1-3-37-31-19-18-29(32(35)33(31)36)26-14-10-24(11-15-26)27-16-17-28(30(34)20-27)25-12-8-23(9-13-25)22-6-4-21(2)5-7-22/h10-12,14-23H,3-9,13H2,1-2H3. The molecule has 1 fully saturated rings. The quantitative estimate of drug-likeness (QED) is 0.325. The minimum atomic E-state index is -0.988. The highest BCUT2D eigenvalue weighted by Gasteiger charge is 2.28. The molecule has 0 bridgehead atoms. The average molecular weight is 505 g/mol. The number of halogens is 3. The van der Waals surface area contributed by atoms with Crippen molar-refractivity contribution in [2.75, 3.05) is 6.61 Å². The topological polar surface area (TPSA) is 9.23 Å². The molecule has 194 valence electrons. The lowest BCUT2D eigenvalue weighted by Gasteiger charge is -2.34. The molecule has 1 unspecified atom stereocenters. The van der Waals surface area contributed by atoms with Gasteiger partial charge in [0.25, 0.3) is 0 Å². The van der Waals surface area contributed by atoms with E-state index in [1.165, 1.54) is 37.8 Å². The van der Waals surface area contributed by atoms with Crippen LogP contribution in [0.4, 0.5) is 13.2 Å². The van der Waals surface area contributed by atoms with Gasteiger partial charge in [0.2, 0.25) is 5.82 Å². The van der Waals surface area contributed by atoms with Gasteiger partial charge in [-0.3, -0.25) is 0 Å². The van der Waals surface area contributed by atoms with Crippen molar-refractivity contribution >= 4 is 5.57 Å². The molecule has 5 rings (SSSR count). The Morgan fingerprint density at radius 1 is 0.730 bits per heavy atom. The Hall–Kier alpha value is -3.01. The highest BCUT2D eigenvalue weighted by atomic mass is 19.2. The number of allylic oxidation sites excluding steroid dienone is 2. The van der Waals surface area contributed by atoms with E-state index >= 15 is 4.39 Å². The van der Waals surface area contributed by atoms with E-state index < -0.39 is 11.6 Å². The molecule has 2 aliphatic rings. The fourth-order valence-corrected chi connectivity index (χ4v) is 6.10. The van der Waals surface area contributed by atoms with Gasteiger partial charge >= 0.3 is 0 Å². The van der Waals surface area contributed by atoms with Gasteiger partial charge in [0, 0.05) is 11.1 Å². The summed E-state index contributed by atoms with van der Waals surface area (Å²) in [5, 5.41) is 0. The van der Waals surface area contributed by atoms with Crippen LogP contribution >= 0.6 is 0 Å². The normalized spacial score (nSPS) is 22.0. The van der Waals surface area contributed by atoms with Crippen molar-refractivity contribution < 1.29 is 17.9 Å². The molecule has 3 aromatic carbocycles. The van der Waals surface area contributed by atoms with E-state index in [0.717, 1.165) is 53.7 Å². The first-order chi connectivity index (χ1) is 17.9. The first-order valence-corrected chi connectivity index (χ1v) is 13.6. The molecule has 1 atom stereocenters. The van der Waals surface area contributed by atoms with Gasteiger partial charge in [-0.1, -0.05) is 62.2 Å². The van der Waals surface area contributed by atoms with Crippen LogP contribution in [0.5, 0.6) is 5.75 Å². The Morgan fingerprint density at radius 3 is 2.05 bits per heavy atom. The molecule has 0 aliphatic heterocycles. The highest BCUT2D eigenvalue weighted by molar-refractivity contribution is 5.74. The van der Waals surface area contributed by atoms with Crippen LogP contribution in [0, 0.1) is 35.2 Å². The van der Waals surface area contributed by atoms with Crippen molar-refractivity contribution in [2.45, 2.75) is 58.8 Å². The van der Waals surface area contributed by atoms with Gasteiger partial charge in [0.1, 0.15) is 5.82 Å². The van der Waals surface area contributed by atoms with E-state index in [-0.39, 0.29) is 23.7 Å². The van der Waals surface area contributed by atoms with Crippen LogP contribution in [0.25, 0.3) is 27.8 Å². The van der Waals surface area contributed by atoms with Crippen LogP contribution in [0.1, 0.15) is 64.4 Å². The maximum Gasteiger partial charge on any atom is 0.201 e. The van der Waals surface area contributed by atoms with Gasteiger partial charge < -0.3 is 4.74 Å². The van der Waals surface area contributed by atoms with Gasteiger partial charge in [0.15, 0.2) is 11.6 Å². The zero-order valence-corrected chi connectivity index (χ0v) is 21.7. The molecule has 0 spiro atoms. The van der Waals surface area contributed by atoms with E-state index in [1.54, 1.807) is 25.1 Å². The lowest BCUT2D eigenvalue weighted by molar-refractivity contribution is 0.202. The van der Waals surface area contributed by atoms with Crippen molar-refractivity contribution in [3.63, 3.8) is 0 Å². The van der Waals surface area contributed by atoms with Gasteiger partial charge in [-0.2, -0.15) is 4.39 Å². The molecule has 3 aromatic rings. The summed E-state index contributed by atoms with van der Waals surface area (Å²) in [4.78, 5) is 0. The van der Waals surface area contributed by atoms with Crippen LogP contribution in [0.15, 0.2) is 60.7 Å². The number of rotatable bonds is 6. The molecule has 37 heavy (non-hydrogen) atoms. The largest absolute Gasteiger partial charge is 0.491 e. The second-order valence-electron chi connectivity index (χ2n) is 10.7. The fraction of sp³-hybridized carbons (Fsp3) is 0.394. The van der Waals surface area contributed by atoms with Crippen LogP contribution in [-0.2, 0) is 0 Å². The van der Waals surface area contributed by atoms with Gasteiger partial charge in [-0.25, -0.2) is 8.78 Å². The predicted octanol–water partition coefficient (Wildman–Crippen LogP) is 9.85. The van der Waals surface area contributed by atoms with E-state index in [4.69, 9.17) is 4.74 Å². The van der Waals surface area contributed by atoms with Crippen molar-refractivity contribution in [3.05, 3.63) is 83.7 Å². The molecule has 0 N–H and O–H groups in total. The first-order valence-electron chi connectivity index (χ1n) is 13.6. The van der Waals surface area contributed by atoms with Gasteiger partial charge in [0.05, 0.1) is 6.61 Å². The maximum atomic E-state index is 15.2. The summed E-state index contributed by atoms with van der Waals surface area (Å²) in [5.41, 5.74) is 4.12. The molecule has 0 heterocycles. The number of benzene rings is 3. The number of hydrogen-bond acceptors (Lipinski definition) is 1. The zero-order chi connectivity index (χ0) is 25.9. The monoisotopic (exact) mass is 504 g/mol. The molecule has 0 amide bonds. The molecule has 0 saturated heterocycles. The SMILES string of the molecule is CCOc1ccc(-c2ccc(-c3ccc(C4=CCC(C5CCC(C)CC5)CC4)c(F)c3)cc2)c(F)c1F. The van der Waals surface area contributed by atoms with Crippen LogP contribution < -0.4 is 4.74 Å². The third-order valence-electron chi connectivity index (χ3n) is 8.37. The van der Waals surface area contributed by atoms with Crippen molar-refractivity contribution in [1.29, 1.82) is 0 Å². The lowest BCUT2D eigenvalue weighted by Crippen LogP contribution is -2.22. The summed E-state index contributed by atoms with van der Waals surface area (Å²) in [6.07, 6.45) is 10.8. The maximum absolute atomic E-state index is 15.2. The fourth-order valence-electron chi connectivity index (χ4n) is 6.10. The zero-order valence-electron chi connectivity index (χ0n) is 21.7. The number of hydrogen-bond donors (Lipinski definition) is 0. The van der Waals surface area contributed by atoms with Crippen molar-refractivity contribution in [1.82, 2.24) is 0 Å². The molecule has 0 radical (unpaired) electrons. The summed E-state index contributed by atoms with van der Waals surface area (Å²) in [7, 11) is 0. The Kier molecular flexibility index (Phi) is 7.73. The molecule has 1 nitrogen and oxygen atoms in total.